The van der Waals surface area contributed by atoms with Crippen molar-refractivity contribution >= 4 is 16.6 Å². The zero-order chi connectivity index (χ0) is 13.2. The van der Waals surface area contributed by atoms with Crippen LogP contribution < -0.4 is 10.5 Å². The van der Waals surface area contributed by atoms with Gasteiger partial charge in [-0.25, -0.2) is 0 Å². The van der Waals surface area contributed by atoms with Crippen molar-refractivity contribution in [3.8, 4) is 5.75 Å². The molecule has 1 fully saturated rings. The van der Waals surface area contributed by atoms with Crippen molar-refractivity contribution in [2.75, 3.05) is 5.73 Å². The molecule has 0 amide bonds. The minimum absolute atomic E-state index is 0.296. The molecule has 2 N–H and O–H groups in total. The highest BCUT2D eigenvalue weighted by Crippen LogP contribution is 2.34. The second kappa shape index (κ2) is 5.08. The number of ether oxygens (including phenoxy) is 1. The lowest BCUT2D eigenvalue weighted by Gasteiger charge is -2.27. The molecular weight excluding hydrogens is 236 g/mol. The summed E-state index contributed by atoms with van der Waals surface area (Å²) in [7, 11) is 0. The standard InChI is InChI=1S/C16H20N2O/c1-11-6-8-12(9-7-11)19-16-13-4-2-3-5-15(13)18-10-14(16)17/h2-5,10-12H,6-9,17H2,1H3. The smallest absolute Gasteiger partial charge is 0.153 e. The average molecular weight is 256 g/mol. The minimum Gasteiger partial charge on any atom is -0.487 e. The molecule has 1 aliphatic carbocycles. The van der Waals surface area contributed by atoms with Crippen LogP contribution in [0, 0.1) is 5.92 Å². The summed E-state index contributed by atoms with van der Waals surface area (Å²) >= 11 is 0. The van der Waals surface area contributed by atoms with Crippen LogP contribution in [-0.4, -0.2) is 11.1 Å². The van der Waals surface area contributed by atoms with Gasteiger partial charge in [-0.15, -0.1) is 0 Å². The van der Waals surface area contributed by atoms with Crippen LogP contribution in [0.3, 0.4) is 0 Å². The lowest BCUT2D eigenvalue weighted by molar-refractivity contribution is 0.138. The Hall–Kier alpha value is -1.77. The van der Waals surface area contributed by atoms with Gasteiger partial charge in [-0.2, -0.15) is 0 Å². The summed E-state index contributed by atoms with van der Waals surface area (Å²) in [6.45, 7) is 2.31. The van der Waals surface area contributed by atoms with Crippen molar-refractivity contribution < 1.29 is 4.74 Å². The third kappa shape index (κ3) is 2.50. The first-order valence-electron chi connectivity index (χ1n) is 7.04. The number of benzene rings is 1. The molecule has 1 saturated carbocycles. The Kier molecular flexibility index (Phi) is 3.28. The number of rotatable bonds is 2. The maximum Gasteiger partial charge on any atom is 0.153 e. The molecule has 1 aliphatic rings. The van der Waals surface area contributed by atoms with Gasteiger partial charge in [0, 0.05) is 5.39 Å². The molecular formula is C16H20N2O. The Labute approximate surface area is 113 Å². The molecule has 2 aromatic rings. The quantitative estimate of drug-likeness (QED) is 0.889. The molecule has 19 heavy (non-hydrogen) atoms. The predicted molar refractivity (Wildman–Crippen MR) is 78.2 cm³/mol. The molecule has 3 heteroatoms. The van der Waals surface area contributed by atoms with Crippen molar-refractivity contribution in [1.29, 1.82) is 0 Å². The maximum absolute atomic E-state index is 6.18. The normalized spacial score (nSPS) is 23.4. The Morgan fingerprint density at radius 2 is 1.89 bits per heavy atom. The second-order valence-corrected chi connectivity index (χ2v) is 5.56. The van der Waals surface area contributed by atoms with E-state index in [2.05, 4.69) is 11.9 Å². The van der Waals surface area contributed by atoms with Gasteiger partial charge in [0.05, 0.1) is 23.5 Å². The first kappa shape index (κ1) is 12.3. The van der Waals surface area contributed by atoms with E-state index in [0.29, 0.717) is 11.8 Å². The summed E-state index contributed by atoms with van der Waals surface area (Å²) in [5, 5.41) is 1.01. The molecule has 3 rings (SSSR count). The van der Waals surface area contributed by atoms with Gasteiger partial charge in [0.15, 0.2) is 5.75 Å². The minimum atomic E-state index is 0.296. The van der Waals surface area contributed by atoms with E-state index in [9.17, 15) is 0 Å². The van der Waals surface area contributed by atoms with Gasteiger partial charge < -0.3 is 10.5 Å². The Morgan fingerprint density at radius 3 is 2.68 bits per heavy atom. The van der Waals surface area contributed by atoms with Crippen molar-refractivity contribution in [1.82, 2.24) is 4.98 Å². The van der Waals surface area contributed by atoms with Crippen LogP contribution >= 0.6 is 0 Å². The van der Waals surface area contributed by atoms with Gasteiger partial charge in [0.25, 0.3) is 0 Å². The monoisotopic (exact) mass is 256 g/mol. The second-order valence-electron chi connectivity index (χ2n) is 5.56. The van der Waals surface area contributed by atoms with Crippen LogP contribution in [0.15, 0.2) is 30.5 Å². The van der Waals surface area contributed by atoms with Crippen LogP contribution in [0.2, 0.25) is 0 Å². The molecule has 3 nitrogen and oxygen atoms in total. The number of nitrogens with zero attached hydrogens (tertiary/aromatic N) is 1. The van der Waals surface area contributed by atoms with Gasteiger partial charge in [-0.3, -0.25) is 4.98 Å². The molecule has 0 spiro atoms. The number of nitrogen functional groups attached to an aromatic ring is 1. The summed E-state index contributed by atoms with van der Waals surface area (Å²) in [6, 6.07) is 8.00. The highest BCUT2D eigenvalue weighted by molar-refractivity contribution is 5.89. The number of hydrogen-bond donors (Lipinski definition) is 1. The summed E-state index contributed by atoms with van der Waals surface area (Å²) in [5.41, 5.74) is 7.62. The van der Waals surface area contributed by atoms with E-state index < -0.39 is 0 Å². The number of fused-ring (bicyclic) bond motifs is 1. The van der Waals surface area contributed by atoms with Crippen molar-refractivity contribution in [3.05, 3.63) is 30.5 Å². The highest BCUT2D eigenvalue weighted by Gasteiger charge is 2.21. The van der Waals surface area contributed by atoms with Crippen LogP contribution in [0.4, 0.5) is 5.69 Å². The van der Waals surface area contributed by atoms with E-state index in [-0.39, 0.29) is 0 Å². The topological polar surface area (TPSA) is 48.1 Å². The van der Waals surface area contributed by atoms with E-state index in [4.69, 9.17) is 10.5 Å². The van der Waals surface area contributed by atoms with Gasteiger partial charge >= 0.3 is 0 Å². The largest absolute Gasteiger partial charge is 0.487 e. The van der Waals surface area contributed by atoms with E-state index in [1.165, 1.54) is 12.8 Å². The molecule has 0 unspecified atom stereocenters. The lowest BCUT2D eigenvalue weighted by atomic mass is 9.89. The van der Waals surface area contributed by atoms with Gasteiger partial charge in [0.1, 0.15) is 0 Å². The molecule has 0 radical (unpaired) electrons. The maximum atomic E-state index is 6.18. The Morgan fingerprint density at radius 1 is 1.16 bits per heavy atom. The molecule has 1 aromatic carbocycles. The van der Waals surface area contributed by atoms with Gasteiger partial charge in [0.2, 0.25) is 0 Å². The molecule has 0 bridgehead atoms. The zero-order valence-electron chi connectivity index (χ0n) is 11.3. The van der Waals surface area contributed by atoms with Crippen LogP contribution in [0.5, 0.6) is 5.75 Å². The van der Waals surface area contributed by atoms with E-state index in [1.807, 2.05) is 24.3 Å². The Bertz CT molecular complexity index is 574. The predicted octanol–water partition coefficient (Wildman–Crippen LogP) is 3.77. The first-order chi connectivity index (χ1) is 9.24. The molecule has 100 valence electrons. The SMILES string of the molecule is CC1CCC(Oc2c(N)cnc3ccccc23)CC1. The summed E-state index contributed by atoms with van der Waals surface area (Å²) in [4.78, 5) is 4.34. The number of anilines is 1. The highest BCUT2D eigenvalue weighted by atomic mass is 16.5. The van der Waals surface area contributed by atoms with Crippen molar-refractivity contribution in [3.63, 3.8) is 0 Å². The Balaban J connectivity index is 1.89. The van der Waals surface area contributed by atoms with Crippen molar-refractivity contribution in [2.24, 2.45) is 5.92 Å². The number of aromatic nitrogens is 1. The number of para-hydroxylation sites is 1. The van der Waals surface area contributed by atoms with E-state index in [0.717, 1.165) is 35.4 Å². The number of nitrogens with two attached hydrogens (primary N) is 1. The number of hydrogen-bond acceptors (Lipinski definition) is 3. The van der Waals surface area contributed by atoms with Crippen LogP contribution in [0.1, 0.15) is 32.6 Å². The summed E-state index contributed by atoms with van der Waals surface area (Å²) in [6.07, 6.45) is 6.73. The third-order valence-corrected chi connectivity index (χ3v) is 4.00. The van der Waals surface area contributed by atoms with Crippen LogP contribution in [0.25, 0.3) is 10.9 Å². The van der Waals surface area contributed by atoms with Crippen LogP contribution in [-0.2, 0) is 0 Å². The summed E-state index contributed by atoms with van der Waals surface area (Å²) < 4.78 is 6.18. The molecule has 0 atom stereocenters. The van der Waals surface area contributed by atoms with E-state index >= 15 is 0 Å². The molecule has 1 aromatic heterocycles. The average Bonchev–Trinajstić information content (AvgIpc) is 2.44. The van der Waals surface area contributed by atoms with E-state index in [1.54, 1.807) is 6.20 Å². The third-order valence-electron chi connectivity index (χ3n) is 4.00. The molecule has 0 saturated heterocycles. The fourth-order valence-corrected chi connectivity index (χ4v) is 2.78. The molecule has 1 heterocycles. The van der Waals surface area contributed by atoms with Crippen molar-refractivity contribution in [2.45, 2.75) is 38.7 Å². The lowest BCUT2D eigenvalue weighted by Crippen LogP contribution is -2.23. The fraction of sp³-hybridized carbons (Fsp3) is 0.438. The molecule has 0 aliphatic heterocycles. The zero-order valence-corrected chi connectivity index (χ0v) is 11.3. The number of pyridine rings is 1. The van der Waals surface area contributed by atoms with Gasteiger partial charge in [-0.1, -0.05) is 19.1 Å². The van der Waals surface area contributed by atoms with Gasteiger partial charge in [-0.05, 0) is 43.7 Å². The first-order valence-corrected chi connectivity index (χ1v) is 7.04. The summed E-state index contributed by atoms with van der Waals surface area (Å²) in [5.74, 6) is 1.64. The fourth-order valence-electron chi connectivity index (χ4n) is 2.78.